The van der Waals surface area contributed by atoms with Crippen LogP contribution in [-0.4, -0.2) is 6.66 Å². The van der Waals surface area contributed by atoms with Crippen molar-refractivity contribution in [1.29, 1.82) is 0 Å². The van der Waals surface area contributed by atoms with Crippen molar-refractivity contribution >= 4 is 7.37 Å². The first-order valence-corrected chi connectivity index (χ1v) is 8.20. The van der Waals surface area contributed by atoms with Crippen molar-refractivity contribution in [3.05, 3.63) is 71.8 Å². The molecular formula is C15H17O2P. The second-order valence-electron chi connectivity index (χ2n) is 4.42. The van der Waals surface area contributed by atoms with Crippen molar-refractivity contribution in [2.75, 3.05) is 6.66 Å². The van der Waals surface area contributed by atoms with Crippen molar-refractivity contribution in [3.63, 3.8) is 0 Å². The predicted molar refractivity (Wildman–Crippen MR) is 74.9 cm³/mol. The van der Waals surface area contributed by atoms with Crippen LogP contribution in [0.2, 0.25) is 0 Å². The SMILES string of the molecule is CP(=O)(Cc1ccccc1)OCc1ccccc1. The van der Waals surface area contributed by atoms with Gasteiger partial charge >= 0.3 is 0 Å². The zero-order valence-electron chi connectivity index (χ0n) is 10.5. The Kier molecular flexibility index (Phi) is 4.35. The lowest BCUT2D eigenvalue weighted by Gasteiger charge is -2.14. The summed E-state index contributed by atoms with van der Waals surface area (Å²) in [5, 5.41) is 0. The van der Waals surface area contributed by atoms with Crippen LogP contribution < -0.4 is 0 Å². The van der Waals surface area contributed by atoms with E-state index in [-0.39, 0.29) is 0 Å². The second-order valence-corrected chi connectivity index (χ2v) is 7.02. The van der Waals surface area contributed by atoms with Gasteiger partial charge in [0, 0.05) is 12.8 Å². The topological polar surface area (TPSA) is 26.3 Å². The van der Waals surface area contributed by atoms with Crippen LogP contribution in [0.4, 0.5) is 0 Å². The van der Waals surface area contributed by atoms with E-state index in [2.05, 4.69) is 0 Å². The summed E-state index contributed by atoms with van der Waals surface area (Å²) in [5.41, 5.74) is 2.10. The van der Waals surface area contributed by atoms with E-state index in [1.807, 2.05) is 60.7 Å². The van der Waals surface area contributed by atoms with Gasteiger partial charge in [-0.15, -0.1) is 0 Å². The maximum absolute atomic E-state index is 12.3. The van der Waals surface area contributed by atoms with Crippen molar-refractivity contribution in [3.8, 4) is 0 Å². The van der Waals surface area contributed by atoms with Gasteiger partial charge in [-0.2, -0.15) is 0 Å². The van der Waals surface area contributed by atoms with Gasteiger partial charge in [0.1, 0.15) is 0 Å². The predicted octanol–water partition coefficient (Wildman–Crippen LogP) is 4.31. The van der Waals surface area contributed by atoms with E-state index in [1.165, 1.54) is 0 Å². The lowest BCUT2D eigenvalue weighted by atomic mass is 10.2. The standard InChI is InChI=1S/C15H17O2P/c1-18(16,13-15-10-6-3-7-11-15)17-12-14-8-4-2-5-9-14/h2-11H,12-13H2,1H3. The maximum Gasteiger partial charge on any atom is 0.204 e. The van der Waals surface area contributed by atoms with Gasteiger partial charge in [-0.1, -0.05) is 60.7 Å². The molecule has 0 N–H and O–H groups in total. The van der Waals surface area contributed by atoms with Crippen LogP contribution >= 0.6 is 7.37 Å². The molecule has 0 saturated carbocycles. The van der Waals surface area contributed by atoms with E-state index in [1.54, 1.807) is 6.66 Å². The molecule has 0 aliphatic rings. The molecule has 0 amide bonds. The molecule has 2 aromatic carbocycles. The molecule has 0 fully saturated rings. The molecule has 0 aliphatic heterocycles. The fourth-order valence-corrected chi connectivity index (χ4v) is 3.13. The minimum absolute atomic E-state index is 0.404. The van der Waals surface area contributed by atoms with Crippen molar-refractivity contribution in [2.24, 2.45) is 0 Å². The largest absolute Gasteiger partial charge is 0.324 e. The maximum atomic E-state index is 12.3. The third-order valence-corrected chi connectivity index (χ3v) is 4.27. The number of hydrogen-bond acceptors (Lipinski definition) is 2. The third kappa shape index (κ3) is 4.14. The summed E-state index contributed by atoms with van der Waals surface area (Å²) >= 11 is 0. The van der Waals surface area contributed by atoms with Gasteiger partial charge in [-0.05, 0) is 11.1 Å². The molecule has 2 nitrogen and oxygen atoms in total. The van der Waals surface area contributed by atoms with Crippen LogP contribution in [0.25, 0.3) is 0 Å². The highest BCUT2D eigenvalue weighted by Crippen LogP contribution is 2.46. The number of hydrogen-bond donors (Lipinski definition) is 0. The Labute approximate surface area is 108 Å². The molecule has 3 heteroatoms. The van der Waals surface area contributed by atoms with E-state index >= 15 is 0 Å². The molecule has 94 valence electrons. The Morgan fingerprint density at radius 2 is 1.39 bits per heavy atom. The minimum Gasteiger partial charge on any atom is -0.324 e. The quantitative estimate of drug-likeness (QED) is 0.749. The molecule has 0 aromatic heterocycles. The second kappa shape index (κ2) is 5.99. The first kappa shape index (κ1) is 13.1. The van der Waals surface area contributed by atoms with E-state index < -0.39 is 7.37 Å². The van der Waals surface area contributed by atoms with Gasteiger partial charge in [0.15, 0.2) is 0 Å². The number of benzene rings is 2. The van der Waals surface area contributed by atoms with Crippen LogP contribution in [0, 0.1) is 0 Å². The number of rotatable bonds is 5. The Balaban J connectivity index is 1.94. The summed E-state index contributed by atoms with van der Waals surface area (Å²) in [5.74, 6) is 0. The zero-order chi connectivity index (χ0) is 12.8. The van der Waals surface area contributed by atoms with Crippen molar-refractivity contribution < 1.29 is 9.09 Å². The Hall–Kier alpha value is -1.37. The Bertz CT molecular complexity index is 523. The van der Waals surface area contributed by atoms with Gasteiger partial charge in [-0.25, -0.2) is 0 Å². The molecule has 1 unspecified atom stereocenters. The summed E-state index contributed by atoms with van der Waals surface area (Å²) in [7, 11) is -2.58. The summed E-state index contributed by atoms with van der Waals surface area (Å²) in [6.45, 7) is 2.10. The molecule has 18 heavy (non-hydrogen) atoms. The third-order valence-electron chi connectivity index (χ3n) is 2.66. The summed E-state index contributed by atoms with van der Waals surface area (Å²) in [6, 6.07) is 19.6. The molecule has 0 spiro atoms. The molecule has 0 radical (unpaired) electrons. The van der Waals surface area contributed by atoms with Crippen LogP contribution in [0.1, 0.15) is 11.1 Å². The molecular weight excluding hydrogens is 243 g/mol. The van der Waals surface area contributed by atoms with Crippen LogP contribution in [0.3, 0.4) is 0 Å². The fourth-order valence-electron chi connectivity index (χ4n) is 1.75. The first-order valence-electron chi connectivity index (χ1n) is 5.95. The summed E-state index contributed by atoms with van der Waals surface area (Å²) < 4.78 is 17.9. The van der Waals surface area contributed by atoms with E-state index in [0.717, 1.165) is 11.1 Å². The normalized spacial score (nSPS) is 14.1. The molecule has 0 saturated heterocycles. The van der Waals surface area contributed by atoms with Gasteiger partial charge < -0.3 is 4.52 Å². The zero-order valence-corrected chi connectivity index (χ0v) is 11.3. The van der Waals surface area contributed by atoms with Gasteiger partial charge in [0.2, 0.25) is 7.37 Å². The summed E-state index contributed by atoms with van der Waals surface area (Å²) in [4.78, 5) is 0. The molecule has 0 bridgehead atoms. The highest BCUT2D eigenvalue weighted by molar-refractivity contribution is 7.57. The van der Waals surface area contributed by atoms with Gasteiger partial charge in [0.25, 0.3) is 0 Å². The van der Waals surface area contributed by atoms with Crippen molar-refractivity contribution in [2.45, 2.75) is 12.8 Å². The molecule has 2 aromatic rings. The Morgan fingerprint density at radius 1 is 0.889 bits per heavy atom. The fraction of sp³-hybridized carbons (Fsp3) is 0.200. The average molecular weight is 260 g/mol. The van der Waals surface area contributed by atoms with Crippen molar-refractivity contribution in [1.82, 2.24) is 0 Å². The van der Waals surface area contributed by atoms with Crippen LogP contribution in [0.15, 0.2) is 60.7 Å². The highest BCUT2D eigenvalue weighted by Gasteiger charge is 2.16. The van der Waals surface area contributed by atoms with Gasteiger partial charge in [0.05, 0.1) is 6.61 Å². The molecule has 0 heterocycles. The lowest BCUT2D eigenvalue weighted by molar-refractivity contribution is 0.305. The van der Waals surface area contributed by atoms with E-state index in [9.17, 15) is 4.57 Å². The smallest absolute Gasteiger partial charge is 0.204 e. The molecule has 2 rings (SSSR count). The first-order chi connectivity index (χ1) is 8.66. The summed E-state index contributed by atoms with van der Waals surface area (Å²) in [6.07, 6.45) is 0.487. The minimum atomic E-state index is -2.58. The molecule has 1 atom stereocenters. The van der Waals surface area contributed by atoms with Crippen LogP contribution in [0.5, 0.6) is 0 Å². The lowest BCUT2D eigenvalue weighted by Crippen LogP contribution is -1.94. The highest BCUT2D eigenvalue weighted by atomic mass is 31.2. The monoisotopic (exact) mass is 260 g/mol. The average Bonchev–Trinajstić information content (AvgIpc) is 2.38. The van der Waals surface area contributed by atoms with Gasteiger partial charge in [-0.3, -0.25) is 4.57 Å². The molecule has 0 aliphatic carbocycles. The van der Waals surface area contributed by atoms with E-state index in [4.69, 9.17) is 4.52 Å². The van der Waals surface area contributed by atoms with Crippen LogP contribution in [-0.2, 0) is 21.9 Å². The van der Waals surface area contributed by atoms with E-state index in [0.29, 0.717) is 12.8 Å². The Morgan fingerprint density at radius 3 is 1.94 bits per heavy atom.